The second-order valence-electron chi connectivity index (χ2n) is 3.11. The van der Waals surface area contributed by atoms with Crippen molar-refractivity contribution in [1.82, 2.24) is 5.32 Å². The third-order valence-corrected chi connectivity index (χ3v) is 1.81. The topological polar surface area (TPSA) is 45.0 Å². The summed E-state index contributed by atoms with van der Waals surface area (Å²) in [7, 11) is 1.58. The van der Waals surface area contributed by atoms with Crippen LogP contribution >= 0.6 is 0 Å². The Bertz CT molecular complexity index is 212. The van der Waals surface area contributed by atoms with Crippen molar-refractivity contribution in [3.05, 3.63) is 0 Å². The summed E-state index contributed by atoms with van der Waals surface area (Å²) in [5, 5.41) is 11.4. The second kappa shape index (κ2) is 5.17. The fourth-order valence-corrected chi connectivity index (χ4v) is 0.701. The summed E-state index contributed by atoms with van der Waals surface area (Å²) >= 11 is 0. The van der Waals surface area contributed by atoms with E-state index in [-0.39, 0.29) is 13.0 Å². The van der Waals surface area contributed by atoms with E-state index in [1.54, 1.807) is 14.0 Å². The third-order valence-electron chi connectivity index (χ3n) is 1.81. The average molecular weight is 210 g/mol. The minimum atomic E-state index is -4.30. The molecule has 0 amide bonds. The van der Waals surface area contributed by atoms with Crippen molar-refractivity contribution in [2.75, 3.05) is 20.3 Å². The SMILES string of the molecule is CNC(C)(C#N)CCOCC(F)(F)F. The molecule has 0 aliphatic rings. The van der Waals surface area contributed by atoms with Crippen LogP contribution in [0.2, 0.25) is 0 Å². The van der Waals surface area contributed by atoms with Crippen molar-refractivity contribution in [2.45, 2.75) is 25.1 Å². The van der Waals surface area contributed by atoms with Gasteiger partial charge in [0.15, 0.2) is 0 Å². The standard InChI is InChI=1S/C8H13F3N2O/c1-7(5-12,13-2)3-4-14-6-8(9,10)11/h13H,3-4,6H2,1-2H3. The van der Waals surface area contributed by atoms with E-state index in [2.05, 4.69) is 10.1 Å². The van der Waals surface area contributed by atoms with Crippen LogP contribution in [0.15, 0.2) is 0 Å². The number of hydrogen-bond donors (Lipinski definition) is 1. The van der Waals surface area contributed by atoms with Crippen molar-refractivity contribution in [1.29, 1.82) is 5.26 Å². The Balaban J connectivity index is 3.70. The lowest BCUT2D eigenvalue weighted by Crippen LogP contribution is -2.39. The molecule has 0 bridgehead atoms. The monoisotopic (exact) mass is 210 g/mol. The van der Waals surface area contributed by atoms with Gasteiger partial charge in [-0.15, -0.1) is 0 Å². The fraction of sp³-hybridized carbons (Fsp3) is 0.875. The molecule has 1 atom stereocenters. The van der Waals surface area contributed by atoms with Crippen LogP contribution in [0.3, 0.4) is 0 Å². The highest BCUT2D eigenvalue weighted by molar-refractivity contribution is 5.02. The maximum absolute atomic E-state index is 11.6. The van der Waals surface area contributed by atoms with Gasteiger partial charge in [-0.2, -0.15) is 18.4 Å². The molecule has 0 saturated heterocycles. The van der Waals surface area contributed by atoms with Crippen LogP contribution in [0, 0.1) is 11.3 Å². The molecule has 82 valence electrons. The quantitative estimate of drug-likeness (QED) is 0.698. The first-order chi connectivity index (χ1) is 6.33. The van der Waals surface area contributed by atoms with Crippen LogP contribution in [0.4, 0.5) is 13.2 Å². The Kier molecular flexibility index (Phi) is 4.88. The van der Waals surface area contributed by atoms with E-state index in [4.69, 9.17) is 5.26 Å². The van der Waals surface area contributed by atoms with Gasteiger partial charge in [-0.3, -0.25) is 0 Å². The Hall–Kier alpha value is -0.800. The van der Waals surface area contributed by atoms with Gasteiger partial charge < -0.3 is 10.1 Å². The highest BCUT2D eigenvalue weighted by Crippen LogP contribution is 2.15. The number of nitrogens with zero attached hydrogens (tertiary/aromatic N) is 1. The molecule has 1 N–H and O–H groups in total. The predicted molar refractivity (Wildman–Crippen MR) is 44.6 cm³/mol. The lowest BCUT2D eigenvalue weighted by molar-refractivity contribution is -0.174. The van der Waals surface area contributed by atoms with Gasteiger partial charge in [0.25, 0.3) is 0 Å². The number of hydrogen-bond acceptors (Lipinski definition) is 3. The molecular weight excluding hydrogens is 197 g/mol. The van der Waals surface area contributed by atoms with Gasteiger partial charge in [0, 0.05) is 13.0 Å². The molecular formula is C8H13F3N2O. The van der Waals surface area contributed by atoms with Crippen molar-refractivity contribution in [2.24, 2.45) is 0 Å². The minimum absolute atomic E-state index is 0.0928. The zero-order chi connectivity index (χ0) is 11.2. The molecule has 0 aromatic carbocycles. The Morgan fingerprint density at radius 3 is 2.36 bits per heavy atom. The highest BCUT2D eigenvalue weighted by atomic mass is 19.4. The number of halogens is 3. The predicted octanol–water partition coefficient (Wildman–Crippen LogP) is 1.46. The molecule has 14 heavy (non-hydrogen) atoms. The van der Waals surface area contributed by atoms with Crippen LogP contribution in [-0.4, -0.2) is 32.0 Å². The van der Waals surface area contributed by atoms with Crippen LogP contribution in [0.1, 0.15) is 13.3 Å². The molecule has 0 aromatic heterocycles. The molecule has 6 heteroatoms. The summed E-state index contributed by atoms with van der Waals surface area (Å²) in [4.78, 5) is 0. The second-order valence-corrected chi connectivity index (χ2v) is 3.11. The van der Waals surface area contributed by atoms with E-state index in [1.165, 1.54) is 0 Å². The largest absolute Gasteiger partial charge is 0.411 e. The molecule has 0 aromatic rings. The first-order valence-corrected chi connectivity index (χ1v) is 4.08. The molecule has 0 spiro atoms. The van der Waals surface area contributed by atoms with E-state index in [1.807, 2.05) is 6.07 Å². The summed E-state index contributed by atoms with van der Waals surface area (Å²) in [6.45, 7) is 0.243. The smallest absolute Gasteiger partial charge is 0.372 e. The number of nitriles is 1. The first-order valence-electron chi connectivity index (χ1n) is 4.08. The lowest BCUT2D eigenvalue weighted by Gasteiger charge is -2.20. The highest BCUT2D eigenvalue weighted by Gasteiger charge is 2.28. The van der Waals surface area contributed by atoms with E-state index < -0.39 is 18.3 Å². The summed E-state index contributed by atoms with van der Waals surface area (Å²) in [5.74, 6) is 0. The molecule has 3 nitrogen and oxygen atoms in total. The summed E-state index contributed by atoms with van der Waals surface area (Å²) < 4.78 is 39.3. The minimum Gasteiger partial charge on any atom is -0.372 e. The molecule has 0 rings (SSSR count). The van der Waals surface area contributed by atoms with Gasteiger partial charge in [0.2, 0.25) is 0 Å². The van der Waals surface area contributed by atoms with Crippen LogP contribution in [0.5, 0.6) is 0 Å². The molecule has 0 fully saturated rings. The van der Waals surface area contributed by atoms with Crippen molar-refractivity contribution >= 4 is 0 Å². The average Bonchev–Trinajstić information content (AvgIpc) is 2.11. The van der Waals surface area contributed by atoms with E-state index in [9.17, 15) is 13.2 Å². The van der Waals surface area contributed by atoms with Crippen molar-refractivity contribution in [3.63, 3.8) is 0 Å². The van der Waals surface area contributed by atoms with Crippen LogP contribution in [0.25, 0.3) is 0 Å². The summed E-state index contributed by atoms with van der Waals surface area (Å²) in [5.41, 5.74) is -0.828. The van der Waals surface area contributed by atoms with Gasteiger partial charge in [-0.25, -0.2) is 0 Å². The maximum atomic E-state index is 11.6. The van der Waals surface area contributed by atoms with Crippen LogP contribution in [-0.2, 0) is 4.74 Å². The Labute approximate surface area is 80.8 Å². The molecule has 0 aliphatic heterocycles. The zero-order valence-electron chi connectivity index (χ0n) is 8.11. The van der Waals surface area contributed by atoms with Crippen molar-refractivity contribution in [3.8, 4) is 6.07 Å². The molecule has 1 unspecified atom stereocenters. The van der Waals surface area contributed by atoms with Crippen molar-refractivity contribution < 1.29 is 17.9 Å². The summed E-state index contributed by atoms with van der Waals surface area (Å²) in [6, 6.07) is 1.95. The van der Waals surface area contributed by atoms with Gasteiger partial charge in [0.05, 0.1) is 6.07 Å². The molecule has 0 saturated carbocycles. The van der Waals surface area contributed by atoms with Crippen LogP contribution < -0.4 is 5.32 Å². The normalized spacial score (nSPS) is 16.0. The first kappa shape index (κ1) is 13.2. The van der Waals surface area contributed by atoms with E-state index in [0.717, 1.165) is 0 Å². The summed E-state index contributed by atoms with van der Waals surface area (Å²) in [6.07, 6.45) is -4.08. The van der Waals surface area contributed by atoms with Gasteiger partial charge in [-0.1, -0.05) is 0 Å². The number of nitrogens with one attached hydrogen (secondary N) is 1. The van der Waals surface area contributed by atoms with Gasteiger partial charge in [0.1, 0.15) is 12.1 Å². The molecule has 0 heterocycles. The number of alkyl halides is 3. The Morgan fingerprint density at radius 2 is 2.00 bits per heavy atom. The Morgan fingerprint density at radius 1 is 1.43 bits per heavy atom. The molecule has 0 aliphatic carbocycles. The van der Waals surface area contributed by atoms with E-state index in [0.29, 0.717) is 0 Å². The van der Waals surface area contributed by atoms with E-state index >= 15 is 0 Å². The fourth-order valence-electron chi connectivity index (χ4n) is 0.701. The third kappa shape index (κ3) is 5.78. The van der Waals surface area contributed by atoms with Gasteiger partial charge >= 0.3 is 6.18 Å². The zero-order valence-corrected chi connectivity index (χ0v) is 8.11. The lowest BCUT2D eigenvalue weighted by atomic mass is 10.0. The maximum Gasteiger partial charge on any atom is 0.411 e. The number of rotatable bonds is 5. The number of ether oxygens (including phenoxy) is 1. The van der Waals surface area contributed by atoms with Gasteiger partial charge in [-0.05, 0) is 14.0 Å². The molecule has 0 radical (unpaired) electrons.